The first-order valence-corrected chi connectivity index (χ1v) is 11.6. The number of nitrogens with zero attached hydrogens (tertiary/aromatic N) is 8. The Hall–Kier alpha value is -3.68. The Balaban J connectivity index is 1.50. The quantitative estimate of drug-likeness (QED) is 0.308. The fourth-order valence-electron chi connectivity index (χ4n) is 3.73. The molecule has 0 aromatic carbocycles. The molecule has 5 heterocycles. The fourth-order valence-corrected chi connectivity index (χ4v) is 4.37. The van der Waals surface area contributed by atoms with Gasteiger partial charge in [0.2, 0.25) is 5.95 Å². The van der Waals surface area contributed by atoms with Crippen molar-refractivity contribution in [2.45, 2.75) is 6.54 Å². The van der Waals surface area contributed by atoms with Crippen molar-refractivity contribution >= 4 is 40.2 Å². The minimum absolute atomic E-state index is 0.161. The molecule has 4 aromatic heterocycles. The van der Waals surface area contributed by atoms with Crippen LogP contribution >= 0.6 is 11.3 Å². The minimum atomic E-state index is -0.666. The average molecular weight is 482 g/mol. The SMILES string of the molecule is CN(Cc1nc2c(N3CCOCC3)nc(-c3ccsc3)nc2n1C)c1ncc(C(=O)NO)cn1. The van der Waals surface area contributed by atoms with E-state index in [2.05, 4.69) is 14.9 Å². The van der Waals surface area contributed by atoms with Gasteiger partial charge < -0.3 is 19.1 Å². The molecule has 13 heteroatoms. The molecule has 5 rings (SSSR count). The highest BCUT2D eigenvalue weighted by atomic mass is 32.1. The second kappa shape index (κ2) is 9.29. The molecule has 0 atom stereocenters. The lowest BCUT2D eigenvalue weighted by Crippen LogP contribution is -2.37. The number of hydrogen-bond donors (Lipinski definition) is 2. The van der Waals surface area contributed by atoms with Crippen LogP contribution in [-0.2, 0) is 18.3 Å². The van der Waals surface area contributed by atoms with E-state index in [1.807, 2.05) is 40.4 Å². The third-order valence-corrected chi connectivity index (χ3v) is 6.29. The number of aromatic nitrogens is 6. The van der Waals surface area contributed by atoms with Crippen LogP contribution in [0, 0.1) is 0 Å². The average Bonchev–Trinajstić information content (AvgIpc) is 3.52. The van der Waals surface area contributed by atoms with Gasteiger partial charge >= 0.3 is 0 Å². The number of fused-ring (bicyclic) bond motifs is 1. The van der Waals surface area contributed by atoms with E-state index in [9.17, 15) is 4.79 Å². The van der Waals surface area contributed by atoms with Gasteiger partial charge in [-0.15, -0.1) is 0 Å². The standard InChI is InChI=1S/C21H23N9O3S/c1-28(21-22-9-14(10-23-21)20(31)27-32)11-15-24-16-18(29(15)2)25-17(13-3-8-34-12-13)26-19(16)30-4-6-33-7-5-30/h3,8-10,12,32H,4-7,11H2,1-2H3,(H,27,31). The van der Waals surface area contributed by atoms with E-state index < -0.39 is 5.91 Å². The summed E-state index contributed by atoms with van der Waals surface area (Å²) in [5.74, 6) is 1.98. The summed E-state index contributed by atoms with van der Waals surface area (Å²) in [6.07, 6.45) is 2.71. The Labute approximate surface area is 198 Å². The number of amides is 1. The first-order valence-electron chi connectivity index (χ1n) is 10.6. The van der Waals surface area contributed by atoms with E-state index >= 15 is 0 Å². The first-order chi connectivity index (χ1) is 16.5. The maximum absolute atomic E-state index is 11.5. The lowest BCUT2D eigenvalue weighted by atomic mass is 10.3. The Morgan fingerprint density at radius 2 is 2.00 bits per heavy atom. The molecule has 34 heavy (non-hydrogen) atoms. The van der Waals surface area contributed by atoms with Crippen LogP contribution in [0.2, 0.25) is 0 Å². The van der Waals surface area contributed by atoms with Crippen LogP contribution in [0.25, 0.3) is 22.6 Å². The molecule has 0 radical (unpaired) electrons. The summed E-state index contributed by atoms with van der Waals surface area (Å²) in [4.78, 5) is 38.6. The summed E-state index contributed by atoms with van der Waals surface area (Å²) >= 11 is 1.61. The lowest BCUT2D eigenvalue weighted by Gasteiger charge is -2.28. The van der Waals surface area contributed by atoms with E-state index in [1.165, 1.54) is 12.4 Å². The third kappa shape index (κ3) is 4.16. The number of nitrogens with one attached hydrogen (secondary N) is 1. The zero-order chi connectivity index (χ0) is 23.7. The maximum atomic E-state index is 11.5. The third-order valence-electron chi connectivity index (χ3n) is 5.60. The molecule has 0 unspecified atom stereocenters. The van der Waals surface area contributed by atoms with Gasteiger partial charge in [0, 0.05) is 50.5 Å². The van der Waals surface area contributed by atoms with Crippen LogP contribution in [0.5, 0.6) is 0 Å². The van der Waals surface area contributed by atoms with Gasteiger partial charge in [0.25, 0.3) is 5.91 Å². The number of aryl methyl sites for hydroxylation is 1. The number of hydrogen-bond acceptors (Lipinski definition) is 11. The van der Waals surface area contributed by atoms with Crippen molar-refractivity contribution in [1.82, 2.24) is 35.0 Å². The van der Waals surface area contributed by atoms with Gasteiger partial charge in [-0.05, 0) is 11.4 Å². The van der Waals surface area contributed by atoms with Crippen molar-refractivity contribution in [3.05, 3.63) is 40.6 Å². The van der Waals surface area contributed by atoms with Crippen LogP contribution in [0.1, 0.15) is 16.2 Å². The number of ether oxygens (including phenoxy) is 1. The van der Waals surface area contributed by atoms with Gasteiger partial charge in [0.15, 0.2) is 22.8 Å². The van der Waals surface area contributed by atoms with E-state index in [4.69, 9.17) is 24.9 Å². The Morgan fingerprint density at radius 1 is 1.24 bits per heavy atom. The highest BCUT2D eigenvalue weighted by molar-refractivity contribution is 7.08. The predicted octanol–water partition coefficient (Wildman–Crippen LogP) is 1.47. The van der Waals surface area contributed by atoms with E-state index in [-0.39, 0.29) is 5.56 Å². The van der Waals surface area contributed by atoms with Gasteiger partial charge in [-0.25, -0.2) is 30.4 Å². The molecule has 176 valence electrons. The Kier molecular flexibility index (Phi) is 6.04. The molecule has 0 bridgehead atoms. The molecule has 12 nitrogen and oxygen atoms in total. The van der Waals surface area contributed by atoms with Crippen LogP contribution in [0.3, 0.4) is 0 Å². The van der Waals surface area contributed by atoms with Crippen molar-refractivity contribution in [2.75, 3.05) is 43.2 Å². The smallest absolute Gasteiger partial charge is 0.277 e. The van der Waals surface area contributed by atoms with Gasteiger partial charge in [-0.3, -0.25) is 10.0 Å². The second-order valence-electron chi connectivity index (χ2n) is 7.81. The number of morpholine rings is 1. The molecule has 1 aliphatic rings. The van der Waals surface area contributed by atoms with E-state index in [0.29, 0.717) is 31.5 Å². The molecular formula is C21H23N9O3S. The maximum Gasteiger partial charge on any atom is 0.277 e. The summed E-state index contributed by atoms with van der Waals surface area (Å²) in [6.45, 7) is 3.17. The molecule has 1 amide bonds. The summed E-state index contributed by atoms with van der Waals surface area (Å²) < 4.78 is 7.49. The summed E-state index contributed by atoms with van der Waals surface area (Å²) in [7, 11) is 3.77. The molecule has 0 saturated carbocycles. The van der Waals surface area contributed by atoms with Crippen molar-refractivity contribution in [3.8, 4) is 11.4 Å². The predicted molar refractivity (Wildman–Crippen MR) is 126 cm³/mol. The number of carbonyl (C=O) groups is 1. The number of thiophene rings is 1. The Bertz CT molecular complexity index is 1300. The van der Waals surface area contributed by atoms with Gasteiger partial charge in [-0.1, -0.05) is 0 Å². The normalized spacial score (nSPS) is 13.9. The van der Waals surface area contributed by atoms with E-state index in [0.717, 1.165) is 41.5 Å². The number of anilines is 2. The molecule has 0 spiro atoms. The summed E-state index contributed by atoms with van der Waals surface area (Å²) in [5.41, 5.74) is 4.19. The molecule has 1 saturated heterocycles. The summed E-state index contributed by atoms with van der Waals surface area (Å²) in [5, 5.41) is 12.8. The molecular weight excluding hydrogens is 458 g/mol. The highest BCUT2D eigenvalue weighted by Crippen LogP contribution is 2.29. The molecule has 0 aliphatic carbocycles. The van der Waals surface area contributed by atoms with Crippen molar-refractivity contribution in [1.29, 1.82) is 0 Å². The zero-order valence-electron chi connectivity index (χ0n) is 18.7. The molecule has 2 N–H and O–H groups in total. The topological polar surface area (TPSA) is 134 Å². The molecule has 1 aliphatic heterocycles. The summed E-state index contributed by atoms with van der Waals surface area (Å²) in [6, 6.07) is 2.01. The van der Waals surface area contributed by atoms with Crippen LogP contribution < -0.4 is 15.3 Å². The molecule has 1 fully saturated rings. The first kappa shape index (κ1) is 22.1. The van der Waals surface area contributed by atoms with Gasteiger partial charge in [0.05, 0.1) is 25.3 Å². The fraction of sp³-hybridized carbons (Fsp3) is 0.333. The largest absolute Gasteiger partial charge is 0.378 e. The minimum Gasteiger partial charge on any atom is -0.378 e. The van der Waals surface area contributed by atoms with Crippen LogP contribution in [0.15, 0.2) is 29.2 Å². The van der Waals surface area contributed by atoms with Gasteiger partial charge in [-0.2, -0.15) is 11.3 Å². The number of hydroxylamine groups is 1. The number of carbonyl (C=O) groups excluding carboxylic acids is 1. The second-order valence-corrected chi connectivity index (χ2v) is 8.59. The Morgan fingerprint density at radius 3 is 2.68 bits per heavy atom. The van der Waals surface area contributed by atoms with Crippen LogP contribution in [-0.4, -0.2) is 74.0 Å². The molecule has 4 aromatic rings. The van der Waals surface area contributed by atoms with E-state index in [1.54, 1.807) is 16.8 Å². The van der Waals surface area contributed by atoms with Crippen molar-refractivity contribution in [2.24, 2.45) is 7.05 Å². The van der Waals surface area contributed by atoms with Crippen molar-refractivity contribution < 1.29 is 14.7 Å². The van der Waals surface area contributed by atoms with Crippen LogP contribution in [0.4, 0.5) is 11.8 Å². The zero-order valence-corrected chi connectivity index (χ0v) is 19.5. The number of rotatable bonds is 6. The highest BCUT2D eigenvalue weighted by Gasteiger charge is 2.23. The monoisotopic (exact) mass is 481 g/mol. The van der Waals surface area contributed by atoms with Gasteiger partial charge in [0.1, 0.15) is 5.82 Å². The lowest BCUT2D eigenvalue weighted by molar-refractivity contribution is 0.0705. The number of imidazole rings is 1. The van der Waals surface area contributed by atoms with Crippen molar-refractivity contribution in [3.63, 3.8) is 0 Å².